The summed E-state index contributed by atoms with van der Waals surface area (Å²) in [6.45, 7) is 4.16. The van der Waals surface area contributed by atoms with Crippen LogP contribution in [-0.2, 0) is 11.3 Å². The summed E-state index contributed by atoms with van der Waals surface area (Å²) in [5.74, 6) is -0.526. The lowest BCUT2D eigenvalue weighted by Crippen LogP contribution is -2.45. The summed E-state index contributed by atoms with van der Waals surface area (Å²) in [6.07, 6.45) is 3.35. The summed E-state index contributed by atoms with van der Waals surface area (Å²) in [7, 11) is 0. The van der Waals surface area contributed by atoms with Crippen LogP contribution in [0.3, 0.4) is 0 Å². The average Bonchev–Trinajstić information content (AvgIpc) is 2.64. The fourth-order valence-electron chi connectivity index (χ4n) is 4.04. The molecule has 0 atom stereocenters. The first kappa shape index (κ1) is 19.5. The van der Waals surface area contributed by atoms with Crippen molar-refractivity contribution in [1.82, 2.24) is 9.88 Å². The Morgan fingerprint density at radius 1 is 1.11 bits per heavy atom. The van der Waals surface area contributed by atoms with Gasteiger partial charge in [0.05, 0.1) is 23.5 Å². The number of nitrogens with zero attached hydrogens (tertiary/aromatic N) is 3. The number of aliphatic carboxylic acids is 1. The zero-order valence-electron chi connectivity index (χ0n) is 15.5. The first-order valence-corrected chi connectivity index (χ1v) is 10.4. The van der Waals surface area contributed by atoms with Gasteiger partial charge in [-0.05, 0) is 55.8 Å². The summed E-state index contributed by atoms with van der Waals surface area (Å²) in [5.41, 5.74) is 3.16. The SMILES string of the molecule is O=C(O)C1CCN(Cc2ccc(N3CC(c4c(Cl)cccc4Cl)C3)cn2)CC1. The van der Waals surface area contributed by atoms with Crippen LogP contribution in [-0.4, -0.2) is 47.1 Å². The van der Waals surface area contributed by atoms with Gasteiger partial charge < -0.3 is 10.0 Å². The highest BCUT2D eigenvalue weighted by Gasteiger charge is 2.31. The van der Waals surface area contributed by atoms with Crippen LogP contribution in [0.15, 0.2) is 36.5 Å². The Labute approximate surface area is 174 Å². The quantitative estimate of drug-likeness (QED) is 0.782. The van der Waals surface area contributed by atoms with E-state index in [0.717, 1.165) is 59.7 Å². The standard InChI is InChI=1S/C21H23Cl2N3O2/c22-18-2-1-3-19(23)20(18)15-11-26(12-15)17-5-4-16(24-10-17)13-25-8-6-14(7-9-25)21(27)28/h1-5,10,14-15H,6-9,11-13H2,(H,27,28). The molecule has 2 fully saturated rings. The van der Waals surface area contributed by atoms with Crippen molar-refractivity contribution in [2.45, 2.75) is 25.3 Å². The minimum Gasteiger partial charge on any atom is -0.481 e. The lowest BCUT2D eigenvalue weighted by atomic mass is 9.91. The number of carboxylic acids is 1. The van der Waals surface area contributed by atoms with E-state index >= 15 is 0 Å². The van der Waals surface area contributed by atoms with Gasteiger partial charge in [-0.2, -0.15) is 0 Å². The van der Waals surface area contributed by atoms with Crippen molar-refractivity contribution in [3.63, 3.8) is 0 Å². The molecule has 0 unspecified atom stereocenters. The topological polar surface area (TPSA) is 56.7 Å². The monoisotopic (exact) mass is 419 g/mol. The third kappa shape index (κ3) is 4.12. The summed E-state index contributed by atoms with van der Waals surface area (Å²) >= 11 is 12.6. The zero-order chi connectivity index (χ0) is 19.7. The second kappa shape index (κ2) is 8.27. The number of rotatable bonds is 5. The van der Waals surface area contributed by atoms with Gasteiger partial charge >= 0.3 is 5.97 Å². The number of hydrogen-bond acceptors (Lipinski definition) is 4. The number of benzene rings is 1. The summed E-state index contributed by atoms with van der Waals surface area (Å²) in [4.78, 5) is 20.2. The maximum absolute atomic E-state index is 11.1. The van der Waals surface area contributed by atoms with Gasteiger partial charge in [0.2, 0.25) is 0 Å². The highest BCUT2D eigenvalue weighted by Crippen LogP contribution is 2.38. The molecule has 1 aromatic heterocycles. The molecule has 2 aromatic rings. The van der Waals surface area contributed by atoms with E-state index in [-0.39, 0.29) is 5.92 Å². The molecule has 0 spiro atoms. The number of pyridine rings is 1. The van der Waals surface area contributed by atoms with E-state index in [4.69, 9.17) is 28.3 Å². The molecular weight excluding hydrogens is 397 g/mol. The van der Waals surface area contributed by atoms with Crippen LogP contribution in [0.5, 0.6) is 0 Å². The third-order valence-electron chi connectivity index (χ3n) is 5.79. The Bertz CT molecular complexity index is 825. The lowest BCUT2D eigenvalue weighted by Gasteiger charge is -2.41. The third-order valence-corrected chi connectivity index (χ3v) is 6.45. The molecule has 28 heavy (non-hydrogen) atoms. The van der Waals surface area contributed by atoms with E-state index in [2.05, 4.69) is 26.9 Å². The van der Waals surface area contributed by atoms with Gasteiger partial charge in [-0.3, -0.25) is 14.7 Å². The van der Waals surface area contributed by atoms with Crippen LogP contribution in [0.4, 0.5) is 5.69 Å². The van der Waals surface area contributed by atoms with E-state index in [0.29, 0.717) is 18.8 Å². The zero-order valence-corrected chi connectivity index (χ0v) is 17.0. The molecule has 4 rings (SSSR count). The van der Waals surface area contributed by atoms with Crippen molar-refractivity contribution in [2.24, 2.45) is 5.92 Å². The van der Waals surface area contributed by atoms with Gasteiger partial charge in [0.25, 0.3) is 0 Å². The molecule has 1 aromatic carbocycles. The van der Waals surface area contributed by atoms with Crippen LogP contribution in [0.1, 0.15) is 30.0 Å². The minimum absolute atomic E-state index is 0.197. The van der Waals surface area contributed by atoms with Gasteiger partial charge in [0.15, 0.2) is 0 Å². The van der Waals surface area contributed by atoms with E-state index in [9.17, 15) is 4.79 Å². The van der Waals surface area contributed by atoms with Crippen molar-refractivity contribution in [1.29, 1.82) is 0 Å². The minimum atomic E-state index is -0.673. The second-order valence-electron chi connectivity index (χ2n) is 7.63. The maximum Gasteiger partial charge on any atom is 0.306 e. The van der Waals surface area contributed by atoms with Crippen molar-refractivity contribution >= 4 is 34.9 Å². The van der Waals surface area contributed by atoms with Crippen LogP contribution in [0.25, 0.3) is 0 Å². The molecular formula is C21H23Cl2N3O2. The number of carboxylic acid groups (broad SMARTS) is 1. The van der Waals surface area contributed by atoms with Crippen LogP contribution < -0.4 is 4.90 Å². The van der Waals surface area contributed by atoms with E-state index < -0.39 is 5.97 Å². The first-order chi connectivity index (χ1) is 13.5. The Morgan fingerprint density at radius 2 is 1.79 bits per heavy atom. The number of likely N-dealkylation sites (tertiary alicyclic amines) is 1. The highest BCUT2D eigenvalue weighted by atomic mass is 35.5. The Balaban J connectivity index is 1.31. The van der Waals surface area contributed by atoms with Crippen molar-refractivity contribution < 1.29 is 9.90 Å². The highest BCUT2D eigenvalue weighted by molar-refractivity contribution is 6.36. The Hall–Kier alpha value is -1.82. The predicted octanol–water partition coefficient (Wildman–Crippen LogP) is 4.29. The molecule has 3 heterocycles. The van der Waals surface area contributed by atoms with Crippen molar-refractivity contribution in [3.8, 4) is 0 Å². The molecule has 2 saturated heterocycles. The largest absolute Gasteiger partial charge is 0.481 e. The van der Waals surface area contributed by atoms with Crippen LogP contribution in [0.2, 0.25) is 10.0 Å². The molecule has 0 radical (unpaired) electrons. The molecule has 7 heteroatoms. The number of halogens is 2. The summed E-state index contributed by atoms with van der Waals surface area (Å²) < 4.78 is 0. The van der Waals surface area contributed by atoms with Gasteiger partial charge in [-0.25, -0.2) is 0 Å². The fraction of sp³-hybridized carbons (Fsp3) is 0.429. The molecule has 2 aliphatic heterocycles. The van der Waals surface area contributed by atoms with Crippen LogP contribution >= 0.6 is 23.2 Å². The first-order valence-electron chi connectivity index (χ1n) is 9.60. The number of carbonyl (C=O) groups is 1. The smallest absolute Gasteiger partial charge is 0.306 e. The van der Waals surface area contributed by atoms with Crippen molar-refractivity contribution in [2.75, 3.05) is 31.1 Å². The Morgan fingerprint density at radius 3 is 2.36 bits per heavy atom. The second-order valence-corrected chi connectivity index (χ2v) is 8.45. The van der Waals surface area contributed by atoms with Gasteiger partial charge in [-0.1, -0.05) is 29.3 Å². The molecule has 0 aliphatic carbocycles. The van der Waals surface area contributed by atoms with Crippen LogP contribution in [0, 0.1) is 5.92 Å². The molecule has 0 amide bonds. The van der Waals surface area contributed by atoms with E-state index in [1.54, 1.807) is 0 Å². The van der Waals surface area contributed by atoms with Gasteiger partial charge in [0.1, 0.15) is 0 Å². The van der Waals surface area contributed by atoms with E-state index in [1.807, 2.05) is 24.4 Å². The average molecular weight is 420 g/mol. The molecule has 5 nitrogen and oxygen atoms in total. The van der Waals surface area contributed by atoms with Gasteiger partial charge in [0, 0.05) is 35.6 Å². The van der Waals surface area contributed by atoms with E-state index in [1.165, 1.54) is 0 Å². The molecule has 0 saturated carbocycles. The number of hydrogen-bond donors (Lipinski definition) is 1. The van der Waals surface area contributed by atoms with Crippen molar-refractivity contribution in [3.05, 3.63) is 57.8 Å². The number of anilines is 1. The predicted molar refractivity (Wildman–Crippen MR) is 111 cm³/mol. The number of aromatic nitrogens is 1. The fourth-order valence-corrected chi connectivity index (χ4v) is 4.74. The Kier molecular flexibility index (Phi) is 5.76. The molecule has 0 bridgehead atoms. The maximum atomic E-state index is 11.1. The molecule has 2 aliphatic rings. The summed E-state index contributed by atoms with van der Waals surface area (Å²) in [6, 6.07) is 9.82. The lowest BCUT2D eigenvalue weighted by molar-refractivity contribution is -0.143. The molecule has 1 N–H and O–H groups in total. The number of piperidine rings is 1. The van der Waals surface area contributed by atoms with Gasteiger partial charge in [-0.15, -0.1) is 0 Å². The summed E-state index contributed by atoms with van der Waals surface area (Å²) in [5, 5.41) is 10.6. The molecule has 148 valence electrons. The normalized spacial score (nSPS) is 18.9.